The molecule has 0 bridgehead atoms. The zero-order valence-corrected chi connectivity index (χ0v) is 14.4. The summed E-state index contributed by atoms with van der Waals surface area (Å²) in [6, 6.07) is 1.54. The predicted octanol–water partition coefficient (Wildman–Crippen LogP) is 4.36. The van der Waals surface area contributed by atoms with Crippen LogP contribution in [-0.2, 0) is 15.5 Å². The summed E-state index contributed by atoms with van der Waals surface area (Å²) in [7, 11) is -1.81. The Hall–Kier alpha value is -1.45. The zero-order chi connectivity index (χ0) is 17.1. The van der Waals surface area contributed by atoms with Gasteiger partial charge in [-0.25, -0.2) is 9.18 Å². The molecule has 0 saturated heterocycles. The SMILES string of the molecule is CCOC(=O)C(F)(F)c1cc(C#C[Si](C)(C)C)c(F)cc1Cl. The first-order chi connectivity index (χ1) is 9.99. The van der Waals surface area contributed by atoms with E-state index in [0.717, 1.165) is 12.1 Å². The summed E-state index contributed by atoms with van der Waals surface area (Å²) in [5.41, 5.74) is 1.85. The van der Waals surface area contributed by atoms with Crippen LogP contribution in [0, 0.1) is 17.3 Å². The van der Waals surface area contributed by atoms with Gasteiger partial charge in [0.25, 0.3) is 0 Å². The molecule has 0 N–H and O–H groups in total. The molecular formula is C15H16ClF3O2Si. The van der Waals surface area contributed by atoms with E-state index < -0.39 is 36.4 Å². The molecule has 0 aromatic heterocycles. The van der Waals surface area contributed by atoms with Gasteiger partial charge in [-0.2, -0.15) is 8.78 Å². The molecule has 0 amide bonds. The molecule has 1 aromatic rings. The lowest BCUT2D eigenvalue weighted by Gasteiger charge is -2.17. The third kappa shape index (κ3) is 4.52. The van der Waals surface area contributed by atoms with E-state index >= 15 is 0 Å². The van der Waals surface area contributed by atoms with Crippen LogP contribution in [0.1, 0.15) is 18.1 Å². The molecule has 7 heteroatoms. The number of carbonyl (C=O) groups is 1. The monoisotopic (exact) mass is 348 g/mol. The molecule has 0 fully saturated rings. The van der Waals surface area contributed by atoms with Crippen molar-refractivity contribution in [2.24, 2.45) is 0 Å². The average Bonchev–Trinajstić information content (AvgIpc) is 2.36. The fraction of sp³-hybridized carbons (Fsp3) is 0.400. The minimum Gasteiger partial charge on any atom is -0.461 e. The highest BCUT2D eigenvalue weighted by molar-refractivity contribution is 6.83. The number of hydrogen-bond acceptors (Lipinski definition) is 2. The van der Waals surface area contributed by atoms with Crippen molar-refractivity contribution in [2.75, 3.05) is 6.61 Å². The van der Waals surface area contributed by atoms with Gasteiger partial charge >= 0.3 is 11.9 Å². The smallest absolute Gasteiger partial charge is 0.382 e. The van der Waals surface area contributed by atoms with Crippen molar-refractivity contribution in [3.8, 4) is 11.5 Å². The standard InChI is InChI=1S/C15H16ClF3O2Si/c1-5-21-14(20)15(18,19)11-8-10(6-7-22(2,3)4)13(17)9-12(11)16/h8-9H,5H2,1-4H3. The van der Waals surface area contributed by atoms with Crippen molar-refractivity contribution >= 4 is 25.6 Å². The summed E-state index contributed by atoms with van der Waals surface area (Å²) in [5.74, 6) is -3.94. The van der Waals surface area contributed by atoms with Gasteiger partial charge in [-0.3, -0.25) is 0 Å². The van der Waals surface area contributed by atoms with E-state index in [1.807, 2.05) is 19.6 Å². The molecule has 22 heavy (non-hydrogen) atoms. The maximum Gasteiger partial charge on any atom is 0.382 e. The van der Waals surface area contributed by atoms with Crippen molar-refractivity contribution in [3.05, 3.63) is 34.1 Å². The Labute approximate surface area is 133 Å². The van der Waals surface area contributed by atoms with E-state index in [2.05, 4.69) is 16.2 Å². The lowest BCUT2D eigenvalue weighted by Crippen LogP contribution is -2.29. The van der Waals surface area contributed by atoms with Crippen molar-refractivity contribution in [2.45, 2.75) is 32.5 Å². The van der Waals surface area contributed by atoms with Gasteiger partial charge in [0.2, 0.25) is 0 Å². The number of carbonyl (C=O) groups excluding carboxylic acids is 1. The van der Waals surface area contributed by atoms with Crippen LogP contribution in [0.15, 0.2) is 12.1 Å². The molecule has 0 heterocycles. The average molecular weight is 349 g/mol. The maximum absolute atomic E-state index is 14.1. The Bertz CT molecular complexity index is 643. The summed E-state index contributed by atoms with van der Waals surface area (Å²) < 4.78 is 46.3. The molecule has 0 atom stereocenters. The van der Waals surface area contributed by atoms with Crippen LogP contribution >= 0.6 is 11.6 Å². The highest BCUT2D eigenvalue weighted by atomic mass is 35.5. The second-order valence-corrected chi connectivity index (χ2v) is 10.8. The number of benzene rings is 1. The summed E-state index contributed by atoms with van der Waals surface area (Å²) in [5, 5.41) is -0.547. The van der Waals surface area contributed by atoms with E-state index in [1.165, 1.54) is 6.92 Å². The van der Waals surface area contributed by atoms with Crippen LogP contribution in [0.2, 0.25) is 24.7 Å². The van der Waals surface area contributed by atoms with Gasteiger partial charge < -0.3 is 4.74 Å². The third-order valence-electron chi connectivity index (χ3n) is 2.50. The molecule has 0 aliphatic rings. The molecule has 1 aromatic carbocycles. The second kappa shape index (κ2) is 6.76. The number of esters is 1. The Morgan fingerprint density at radius 2 is 1.95 bits per heavy atom. The Morgan fingerprint density at radius 1 is 1.36 bits per heavy atom. The van der Waals surface area contributed by atoms with Crippen LogP contribution in [0.3, 0.4) is 0 Å². The van der Waals surface area contributed by atoms with Crippen molar-refractivity contribution in [1.82, 2.24) is 0 Å². The third-order valence-corrected chi connectivity index (χ3v) is 3.69. The Balaban J connectivity index is 3.38. The second-order valence-electron chi connectivity index (χ2n) is 5.61. The molecule has 0 aliphatic heterocycles. The van der Waals surface area contributed by atoms with Gasteiger partial charge in [-0.05, 0) is 19.1 Å². The highest BCUT2D eigenvalue weighted by Crippen LogP contribution is 2.36. The number of ether oxygens (including phenoxy) is 1. The lowest BCUT2D eigenvalue weighted by molar-refractivity contribution is -0.173. The van der Waals surface area contributed by atoms with Gasteiger partial charge in [0.05, 0.1) is 22.8 Å². The fourth-order valence-electron chi connectivity index (χ4n) is 1.47. The maximum atomic E-state index is 14.1. The summed E-state index contributed by atoms with van der Waals surface area (Å²) >= 11 is 5.65. The molecule has 0 saturated carbocycles. The lowest BCUT2D eigenvalue weighted by atomic mass is 10.0. The van der Waals surface area contributed by atoms with Gasteiger partial charge in [0.1, 0.15) is 13.9 Å². The minimum atomic E-state index is -3.96. The minimum absolute atomic E-state index is 0.199. The summed E-state index contributed by atoms with van der Waals surface area (Å²) in [6.07, 6.45) is 0. The van der Waals surface area contributed by atoms with E-state index in [0.29, 0.717) is 0 Å². The Kier molecular flexibility index (Phi) is 5.71. The van der Waals surface area contributed by atoms with Crippen LogP contribution < -0.4 is 0 Å². The predicted molar refractivity (Wildman–Crippen MR) is 82.2 cm³/mol. The normalized spacial score (nSPS) is 11.6. The van der Waals surface area contributed by atoms with Gasteiger partial charge in [-0.15, -0.1) is 5.54 Å². The number of alkyl halides is 2. The van der Waals surface area contributed by atoms with E-state index in [1.54, 1.807) is 0 Å². The molecule has 0 radical (unpaired) electrons. The molecule has 0 spiro atoms. The molecule has 2 nitrogen and oxygen atoms in total. The van der Waals surface area contributed by atoms with E-state index in [9.17, 15) is 18.0 Å². The van der Waals surface area contributed by atoms with Gasteiger partial charge in [-0.1, -0.05) is 37.2 Å². The largest absolute Gasteiger partial charge is 0.461 e. The summed E-state index contributed by atoms with van der Waals surface area (Å²) in [6.45, 7) is 7.01. The molecule has 0 aliphatic carbocycles. The van der Waals surface area contributed by atoms with Crippen molar-refractivity contribution < 1.29 is 22.7 Å². The molecule has 120 valence electrons. The van der Waals surface area contributed by atoms with Crippen LogP contribution in [0.25, 0.3) is 0 Å². The first-order valence-corrected chi connectivity index (χ1v) is 10.4. The van der Waals surface area contributed by atoms with Gasteiger partial charge in [0, 0.05) is 0 Å². The topological polar surface area (TPSA) is 26.3 Å². The molecular weight excluding hydrogens is 333 g/mol. The van der Waals surface area contributed by atoms with E-state index in [4.69, 9.17) is 11.6 Å². The first-order valence-electron chi connectivity index (χ1n) is 6.56. The summed E-state index contributed by atoms with van der Waals surface area (Å²) in [4.78, 5) is 11.4. The van der Waals surface area contributed by atoms with Crippen molar-refractivity contribution in [3.63, 3.8) is 0 Å². The highest BCUT2D eigenvalue weighted by Gasteiger charge is 2.44. The molecule has 0 unspecified atom stereocenters. The number of rotatable bonds is 3. The van der Waals surface area contributed by atoms with Crippen LogP contribution in [0.4, 0.5) is 13.2 Å². The first kappa shape index (κ1) is 18.6. The van der Waals surface area contributed by atoms with Crippen LogP contribution in [-0.4, -0.2) is 20.7 Å². The fourth-order valence-corrected chi connectivity index (χ4v) is 2.25. The zero-order valence-electron chi connectivity index (χ0n) is 12.7. The van der Waals surface area contributed by atoms with Gasteiger partial charge in [0.15, 0.2) is 0 Å². The Morgan fingerprint density at radius 3 is 2.45 bits per heavy atom. The number of halogens is 4. The number of hydrogen-bond donors (Lipinski definition) is 0. The van der Waals surface area contributed by atoms with Crippen LogP contribution in [0.5, 0.6) is 0 Å². The van der Waals surface area contributed by atoms with E-state index in [-0.39, 0.29) is 12.2 Å². The molecule has 1 rings (SSSR count). The van der Waals surface area contributed by atoms with Crippen molar-refractivity contribution in [1.29, 1.82) is 0 Å². The quantitative estimate of drug-likeness (QED) is 0.461.